The van der Waals surface area contributed by atoms with Crippen LogP contribution in [-0.4, -0.2) is 50.3 Å². The zero-order valence-electron chi connectivity index (χ0n) is 31.1. The van der Waals surface area contributed by atoms with Crippen molar-refractivity contribution in [2.45, 2.75) is 181 Å². The van der Waals surface area contributed by atoms with E-state index >= 15 is 0 Å². The van der Waals surface area contributed by atoms with E-state index in [1.165, 1.54) is 148 Å². The van der Waals surface area contributed by atoms with E-state index in [4.69, 9.17) is 4.84 Å². The fourth-order valence-corrected chi connectivity index (χ4v) is 5.52. The van der Waals surface area contributed by atoms with Crippen molar-refractivity contribution in [2.75, 3.05) is 40.3 Å². The van der Waals surface area contributed by atoms with Crippen LogP contribution in [0.3, 0.4) is 0 Å². The molecule has 0 aliphatic carbocycles. The number of nitrogens with zero attached hydrogens (tertiary/aromatic N) is 2. The molecule has 0 aromatic carbocycles. The topological polar surface area (TPSA) is 15.7 Å². The third kappa shape index (κ3) is 38.9. The lowest BCUT2D eigenvalue weighted by molar-refractivity contribution is -0.161. The average molecular weight is 629 g/mol. The van der Waals surface area contributed by atoms with Crippen molar-refractivity contribution in [3.8, 4) is 0 Å². The van der Waals surface area contributed by atoms with Crippen LogP contribution in [0.4, 0.5) is 0 Å². The molecule has 0 spiro atoms. The van der Waals surface area contributed by atoms with Gasteiger partial charge in [0.05, 0.1) is 6.61 Å². The molecule has 0 saturated heterocycles. The summed E-state index contributed by atoms with van der Waals surface area (Å²) in [6, 6.07) is 0. The molecule has 0 unspecified atom stereocenters. The van der Waals surface area contributed by atoms with Crippen LogP contribution in [0.15, 0.2) is 48.6 Å². The molecule has 0 aliphatic heterocycles. The number of hydrogen-bond acceptors (Lipinski definition) is 3. The van der Waals surface area contributed by atoms with E-state index in [0.29, 0.717) is 0 Å². The van der Waals surface area contributed by atoms with Gasteiger partial charge in [0.2, 0.25) is 0 Å². The predicted molar refractivity (Wildman–Crippen MR) is 204 cm³/mol. The van der Waals surface area contributed by atoms with Crippen LogP contribution in [0.1, 0.15) is 181 Å². The summed E-state index contributed by atoms with van der Waals surface area (Å²) in [5.74, 6) is 0. The average Bonchev–Trinajstić information content (AvgIpc) is 3.03. The zero-order chi connectivity index (χ0) is 32.7. The third-order valence-electron chi connectivity index (χ3n) is 8.49. The molecule has 0 aromatic heterocycles. The first kappa shape index (κ1) is 43.8. The van der Waals surface area contributed by atoms with Crippen LogP contribution in [0.5, 0.6) is 0 Å². The molecule has 3 nitrogen and oxygen atoms in total. The molecule has 0 rings (SSSR count). The fourth-order valence-electron chi connectivity index (χ4n) is 5.52. The highest BCUT2D eigenvalue weighted by molar-refractivity contribution is 4.93. The number of rotatable bonds is 36. The summed E-state index contributed by atoms with van der Waals surface area (Å²) in [5.41, 5.74) is 0. The minimum Gasteiger partial charge on any atom is -0.309 e. The predicted octanol–water partition coefficient (Wildman–Crippen LogP) is 13.2. The van der Waals surface area contributed by atoms with Crippen LogP contribution in [0.25, 0.3) is 0 Å². The van der Waals surface area contributed by atoms with Gasteiger partial charge >= 0.3 is 0 Å². The van der Waals surface area contributed by atoms with E-state index < -0.39 is 0 Å². The standard InChI is InChI=1S/C42H80N2O/c1-5-7-9-11-13-15-17-19-21-23-25-27-29-31-33-35-40-44(45-42-38-37-39-43(3)4)41-36-34-32-30-28-26-24-22-20-18-16-14-12-10-8-6-2/h13-16,19-22H,5-12,17-18,23-42H2,1-4H3/b15-13-,16-14-,21-19-,22-20-. The first-order valence-electron chi connectivity index (χ1n) is 19.8. The van der Waals surface area contributed by atoms with Crippen LogP contribution in [-0.2, 0) is 4.84 Å². The second-order valence-corrected chi connectivity index (χ2v) is 13.4. The van der Waals surface area contributed by atoms with Crippen molar-refractivity contribution in [2.24, 2.45) is 0 Å². The molecular formula is C42H80N2O. The molecule has 0 radical (unpaired) electrons. The Labute approximate surface area is 284 Å². The first-order chi connectivity index (χ1) is 22.2. The van der Waals surface area contributed by atoms with Gasteiger partial charge in [0.1, 0.15) is 0 Å². The fraction of sp³-hybridized carbons (Fsp3) is 0.810. The molecule has 0 N–H and O–H groups in total. The van der Waals surface area contributed by atoms with Gasteiger partial charge < -0.3 is 4.90 Å². The second kappa shape index (κ2) is 39.0. The summed E-state index contributed by atoms with van der Waals surface area (Å²) in [6.45, 7) is 8.77. The normalized spacial score (nSPS) is 12.6. The molecule has 45 heavy (non-hydrogen) atoms. The summed E-state index contributed by atoms with van der Waals surface area (Å²) in [7, 11) is 4.31. The molecule has 0 amide bonds. The summed E-state index contributed by atoms with van der Waals surface area (Å²) >= 11 is 0. The molecule has 0 heterocycles. The van der Waals surface area contributed by atoms with E-state index in [1.807, 2.05) is 0 Å². The Hall–Kier alpha value is -1.16. The monoisotopic (exact) mass is 629 g/mol. The van der Waals surface area contributed by atoms with Gasteiger partial charge in [0.15, 0.2) is 0 Å². The molecule has 0 fully saturated rings. The van der Waals surface area contributed by atoms with Crippen LogP contribution in [0.2, 0.25) is 0 Å². The lowest BCUT2D eigenvalue weighted by Crippen LogP contribution is -2.27. The Kier molecular flexibility index (Phi) is 38.0. The number of hydroxylamine groups is 2. The lowest BCUT2D eigenvalue weighted by Gasteiger charge is -2.22. The van der Waals surface area contributed by atoms with E-state index in [9.17, 15) is 0 Å². The second-order valence-electron chi connectivity index (χ2n) is 13.4. The summed E-state index contributed by atoms with van der Waals surface area (Å²) in [5, 5.41) is 2.31. The highest BCUT2D eigenvalue weighted by atomic mass is 16.7. The van der Waals surface area contributed by atoms with Crippen molar-refractivity contribution in [1.29, 1.82) is 0 Å². The van der Waals surface area contributed by atoms with Crippen molar-refractivity contribution in [3.63, 3.8) is 0 Å². The Bertz CT molecular complexity index is 618. The van der Waals surface area contributed by atoms with E-state index in [0.717, 1.165) is 45.5 Å². The van der Waals surface area contributed by atoms with Crippen LogP contribution >= 0.6 is 0 Å². The van der Waals surface area contributed by atoms with E-state index in [2.05, 4.69) is 86.5 Å². The number of unbranched alkanes of at least 4 members (excludes halogenated alkanes) is 19. The third-order valence-corrected chi connectivity index (χ3v) is 8.49. The maximum absolute atomic E-state index is 6.26. The summed E-state index contributed by atoms with van der Waals surface area (Å²) < 4.78 is 0. The Balaban J connectivity index is 3.88. The van der Waals surface area contributed by atoms with Gasteiger partial charge in [-0.2, -0.15) is 5.06 Å². The highest BCUT2D eigenvalue weighted by Gasteiger charge is 2.06. The maximum Gasteiger partial charge on any atom is 0.0685 e. The Morgan fingerprint density at radius 2 is 0.733 bits per heavy atom. The van der Waals surface area contributed by atoms with Gasteiger partial charge in [-0.25, -0.2) is 0 Å². The number of hydrogen-bond donors (Lipinski definition) is 0. The highest BCUT2D eigenvalue weighted by Crippen LogP contribution is 2.12. The maximum atomic E-state index is 6.26. The van der Waals surface area contributed by atoms with E-state index in [1.54, 1.807) is 0 Å². The first-order valence-corrected chi connectivity index (χ1v) is 19.8. The van der Waals surface area contributed by atoms with Crippen molar-refractivity contribution in [1.82, 2.24) is 9.96 Å². The molecule has 0 aromatic rings. The SMILES string of the molecule is CCCCC/C=C\C/C=C\CCCCCCCCN(CCCCCCCC/C=C\C/C=C\CCCCC)OCCCCN(C)C. The smallest absolute Gasteiger partial charge is 0.0685 e. The molecule has 0 bridgehead atoms. The zero-order valence-corrected chi connectivity index (χ0v) is 31.1. The Morgan fingerprint density at radius 3 is 1.13 bits per heavy atom. The van der Waals surface area contributed by atoms with Gasteiger partial charge in [-0.3, -0.25) is 4.84 Å². The van der Waals surface area contributed by atoms with Gasteiger partial charge in [0.25, 0.3) is 0 Å². The molecule has 0 aliphatic rings. The molecule has 3 heteroatoms. The van der Waals surface area contributed by atoms with Gasteiger partial charge in [-0.15, -0.1) is 0 Å². The van der Waals surface area contributed by atoms with E-state index in [-0.39, 0.29) is 0 Å². The van der Waals surface area contributed by atoms with Crippen LogP contribution < -0.4 is 0 Å². The molecule has 0 saturated carbocycles. The van der Waals surface area contributed by atoms with Crippen molar-refractivity contribution >= 4 is 0 Å². The minimum absolute atomic E-state index is 0.873. The largest absolute Gasteiger partial charge is 0.309 e. The Morgan fingerprint density at radius 1 is 0.378 bits per heavy atom. The molecule has 0 atom stereocenters. The quantitative estimate of drug-likeness (QED) is 0.0390. The summed E-state index contributed by atoms with van der Waals surface area (Å²) in [4.78, 5) is 8.53. The molecule has 264 valence electrons. The summed E-state index contributed by atoms with van der Waals surface area (Å²) in [6.07, 6.45) is 52.6. The van der Waals surface area contributed by atoms with Crippen molar-refractivity contribution < 1.29 is 4.84 Å². The lowest BCUT2D eigenvalue weighted by atomic mass is 10.1. The van der Waals surface area contributed by atoms with Crippen LogP contribution in [0, 0.1) is 0 Å². The number of allylic oxidation sites excluding steroid dienone is 8. The minimum atomic E-state index is 0.873. The van der Waals surface area contributed by atoms with Gasteiger partial charge in [0, 0.05) is 13.1 Å². The van der Waals surface area contributed by atoms with Gasteiger partial charge in [-0.1, -0.05) is 140 Å². The van der Waals surface area contributed by atoms with Gasteiger partial charge in [-0.05, 0) is 111 Å². The van der Waals surface area contributed by atoms with Crippen molar-refractivity contribution in [3.05, 3.63) is 48.6 Å². The molecular weight excluding hydrogens is 548 g/mol.